The standard InChI is InChI=1S/C13H29N3O2/c1-11(7-10-16(5)6)14-8-9-15-12(17)18-13(2,3)4/h11,14H,7-10H2,1-6H3,(H,15,17). The molecule has 5 heteroatoms. The van der Waals surface area contributed by atoms with Crippen LogP contribution < -0.4 is 10.6 Å². The fourth-order valence-corrected chi connectivity index (χ4v) is 1.35. The van der Waals surface area contributed by atoms with Gasteiger partial charge >= 0.3 is 6.09 Å². The average Bonchev–Trinajstić information content (AvgIpc) is 2.19. The van der Waals surface area contributed by atoms with Gasteiger partial charge in [0.1, 0.15) is 5.60 Å². The van der Waals surface area contributed by atoms with E-state index in [0.717, 1.165) is 19.5 Å². The summed E-state index contributed by atoms with van der Waals surface area (Å²) >= 11 is 0. The third-order valence-corrected chi connectivity index (χ3v) is 2.30. The smallest absolute Gasteiger partial charge is 0.407 e. The fourth-order valence-electron chi connectivity index (χ4n) is 1.35. The predicted octanol–water partition coefficient (Wildman–Crippen LogP) is 1.44. The second-order valence-electron chi connectivity index (χ2n) is 5.88. The Hall–Kier alpha value is -0.810. The van der Waals surface area contributed by atoms with Crippen LogP contribution in [0.4, 0.5) is 4.79 Å². The summed E-state index contributed by atoms with van der Waals surface area (Å²) in [4.78, 5) is 13.5. The van der Waals surface area contributed by atoms with E-state index >= 15 is 0 Å². The number of carbonyl (C=O) groups is 1. The van der Waals surface area contributed by atoms with Crippen molar-refractivity contribution in [1.82, 2.24) is 15.5 Å². The van der Waals surface area contributed by atoms with Crippen LogP contribution in [0.25, 0.3) is 0 Å². The van der Waals surface area contributed by atoms with Gasteiger partial charge in [0.05, 0.1) is 0 Å². The Bertz CT molecular complexity index is 237. The van der Waals surface area contributed by atoms with E-state index in [1.807, 2.05) is 20.8 Å². The first-order valence-corrected chi connectivity index (χ1v) is 6.55. The molecule has 18 heavy (non-hydrogen) atoms. The zero-order chi connectivity index (χ0) is 14.2. The maximum atomic E-state index is 11.4. The summed E-state index contributed by atoms with van der Waals surface area (Å²) < 4.78 is 5.14. The number of hydrogen-bond acceptors (Lipinski definition) is 4. The lowest BCUT2D eigenvalue weighted by atomic mass is 10.2. The highest BCUT2D eigenvalue weighted by molar-refractivity contribution is 5.67. The van der Waals surface area contributed by atoms with E-state index in [1.54, 1.807) is 0 Å². The average molecular weight is 259 g/mol. The highest BCUT2D eigenvalue weighted by Crippen LogP contribution is 2.05. The Morgan fingerprint density at radius 1 is 1.28 bits per heavy atom. The van der Waals surface area contributed by atoms with Crippen molar-refractivity contribution >= 4 is 6.09 Å². The highest BCUT2D eigenvalue weighted by Gasteiger charge is 2.15. The Kier molecular flexibility index (Phi) is 7.95. The molecule has 0 aliphatic heterocycles. The predicted molar refractivity (Wildman–Crippen MR) is 74.9 cm³/mol. The molecule has 0 fully saturated rings. The minimum atomic E-state index is -0.434. The lowest BCUT2D eigenvalue weighted by Crippen LogP contribution is -2.39. The van der Waals surface area contributed by atoms with Crippen LogP contribution in [0, 0.1) is 0 Å². The first-order chi connectivity index (χ1) is 8.20. The molecule has 0 heterocycles. The van der Waals surface area contributed by atoms with E-state index in [4.69, 9.17) is 4.74 Å². The molecule has 0 aromatic heterocycles. The van der Waals surface area contributed by atoms with Gasteiger partial charge in [0, 0.05) is 19.1 Å². The molecule has 108 valence electrons. The van der Waals surface area contributed by atoms with Gasteiger partial charge in [0.15, 0.2) is 0 Å². The molecule has 1 unspecified atom stereocenters. The zero-order valence-electron chi connectivity index (χ0n) is 12.7. The van der Waals surface area contributed by atoms with E-state index in [1.165, 1.54) is 0 Å². The highest BCUT2D eigenvalue weighted by atomic mass is 16.6. The molecule has 0 bridgehead atoms. The maximum Gasteiger partial charge on any atom is 0.407 e. The van der Waals surface area contributed by atoms with Crippen molar-refractivity contribution < 1.29 is 9.53 Å². The fraction of sp³-hybridized carbons (Fsp3) is 0.923. The van der Waals surface area contributed by atoms with Crippen LogP contribution in [0.1, 0.15) is 34.1 Å². The normalized spacial score (nSPS) is 13.5. The molecule has 0 spiro atoms. The molecule has 0 saturated carbocycles. The topological polar surface area (TPSA) is 53.6 Å². The van der Waals surface area contributed by atoms with Gasteiger partial charge in [-0.05, 0) is 54.8 Å². The molecular weight excluding hydrogens is 230 g/mol. The summed E-state index contributed by atoms with van der Waals surface area (Å²) in [5.74, 6) is 0. The summed E-state index contributed by atoms with van der Waals surface area (Å²) in [5.41, 5.74) is -0.434. The van der Waals surface area contributed by atoms with Gasteiger partial charge in [-0.1, -0.05) is 0 Å². The molecule has 1 atom stereocenters. The number of amides is 1. The van der Waals surface area contributed by atoms with E-state index in [-0.39, 0.29) is 6.09 Å². The molecule has 0 aromatic rings. The third kappa shape index (κ3) is 11.7. The summed E-state index contributed by atoms with van der Waals surface area (Å²) in [6.07, 6.45) is 0.740. The minimum Gasteiger partial charge on any atom is -0.444 e. The number of alkyl carbamates (subject to hydrolysis) is 1. The summed E-state index contributed by atoms with van der Waals surface area (Å²) in [6.45, 7) is 10.1. The van der Waals surface area contributed by atoms with Gasteiger partial charge in [-0.3, -0.25) is 0 Å². The van der Waals surface area contributed by atoms with Gasteiger partial charge in [-0.2, -0.15) is 0 Å². The lowest BCUT2D eigenvalue weighted by molar-refractivity contribution is 0.0528. The van der Waals surface area contributed by atoms with Crippen molar-refractivity contribution in [1.29, 1.82) is 0 Å². The van der Waals surface area contributed by atoms with Gasteiger partial charge < -0.3 is 20.3 Å². The minimum absolute atomic E-state index is 0.356. The Morgan fingerprint density at radius 3 is 2.39 bits per heavy atom. The van der Waals surface area contributed by atoms with Crippen LogP contribution >= 0.6 is 0 Å². The zero-order valence-corrected chi connectivity index (χ0v) is 12.7. The van der Waals surface area contributed by atoms with Gasteiger partial charge in [0.2, 0.25) is 0 Å². The quantitative estimate of drug-likeness (QED) is 0.679. The number of carbonyl (C=O) groups excluding carboxylic acids is 1. The number of nitrogens with zero attached hydrogens (tertiary/aromatic N) is 1. The van der Waals surface area contributed by atoms with E-state index in [2.05, 4.69) is 36.6 Å². The van der Waals surface area contributed by atoms with Crippen molar-refractivity contribution in [3.63, 3.8) is 0 Å². The first-order valence-electron chi connectivity index (χ1n) is 6.55. The van der Waals surface area contributed by atoms with Crippen molar-refractivity contribution in [3.05, 3.63) is 0 Å². The summed E-state index contributed by atoms with van der Waals surface area (Å²) in [6, 6.07) is 0.452. The molecule has 1 amide bonds. The van der Waals surface area contributed by atoms with Crippen molar-refractivity contribution in [2.24, 2.45) is 0 Å². The van der Waals surface area contributed by atoms with E-state index in [9.17, 15) is 4.79 Å². The van der Waals surface area contributed by atoms with Crippen molar-refractivity contribution in [3.8, 4) is 0 Å². The Labute approximate surface area is 111 Å². The van der Waals surface area contributed by atoms with Gasteiger partial charge in [-0.15, -0.1) is 0 Å². The second kappa shape index (κ2) is 8.32. The van der Waals surface area contributed by atoms with Crippen molar-refractivity contribution in [2.45, 2.75) is 45.8 Å². The van der Waals surface area contributed by atoms with Crippen LogP contribution in [0.3, 0.4) is 0 Å². The molecule has 5 nitrogen and oxygen atoms in total. The Morgan fingerprint density at radius 2 is 1.89 bits per heavy atom. The van der Waals surface area contributed by atoms with Crippen LogP contribution in [0.15, 0.2) is 0 Å². The van der Waals surface area contributed by atoms with Gasteiger partial charge in [0.25, 0.3) is 0 Å². The van der Waals surface area contributed by atoms with Crippen LogP contribution in [0.5, 0.6) is 0 Å². The lowest BCUT2D eigenvalue weighted by Gasteiger charge is -2.20. The first kappa shape index (κ1) is 17.2. The van der Waals surface area contributed by atoms with E-state index < -0.39 is 5.60 Å². The van der Waals surface area contributed by atoms with Crippen LogP contribution in [-0.4, -0.2) is 56.4 Å². The number of rotatable bonds is 7. The van der Waals surface area contributed by atoms with Gasteiger partial charge in [-0.25, -0.2) is 4.79 Å². The molecule has 0 aliphatic rings. The summed E-state index contributed by atoms with van der Waals surface area (Å²) in [5, 5.41) is 6.08. The largest absolute Gasteiger partial charge is 0.444 e. The molecule has 0 radical (unpaired) electrons. The Balaban J connectivity index is 3.52. The number of nitrogens with one attached hydrogen (secondary N) is 2. The number of ether oxygens (including phenoxy) is 1. The maximum absolute atomic E-state index is 11.4. The molecular formula is C13H29N3O2. The van der Waals surface area contributed by atoms with E-state index in [0.29, 0.717) is 12.6 Å². The monoisotopic (exact) mass is 259 g/mol. The third-order valence-electron chi connectivity index (χ3n) is 2.30. The number of hydrogen-bond donors (Lipinski definition) is 2. The van der Waals surface area contributed by atoms with Crippen LogP contribution in [0.2, 0.25) is 0 Å². The molecule has 0 saturated heterocycles. The summed E-state index contributed by atoms with van der Waals surface area (Å²) in [7, 11) is 4.13. The van der Waals surface area contributed by atoms with Crippen molar-refractivity contribution in [2.75, 3.05) is 33.7 Å². The molecule has 0 aliphatic carbocycles. The molecule has 2 N–H and O–H groups in total. The SMILES string of the molecule is CC(CCN(C)C)NCCNC(=O)OC(C)(C)C. The molecule has 0 aromatic carbocycles. The second-order valence-corrected chi connectivity index (χ2v) is 5.88. The van der Waals surface area contributed by atoms with Crippen LogP contribution in [-0.2, 0) is 4.74 Å². The molecule has 0 rings (SSSR count).